The van der Waals surface area contributed by atoms with E-state index in [-0.39, 0.29) is 17.3 Å². The van der Waals surface area contributed by atoms with E-state index in [1.807, 2.05) is 6.92 Å². The Morgan fingerprint density at radius 3 is 3.05 bits per heavy atom. The molecular formula is C17H22FNO2. The van der Waals surface area contributed by atoms with Gasteiger partial charge in [0, 0.05) is 25.0 Å². The van der Waals surface area contributed by atoms with Crippen molar-refractivity contribution in [3.05, 3.63) is 35.6 Å². The number of benzene rings is 1. The summed E-state index contributed by atoms with van der Waals surface area (Å²) < 4.78 is 19.5. The zero-order valence-corrected chi connectivity index (χ0v) is 12.4. The molecule has 1 aliphatic carbocycles. The minimum Gasteiger partial charge on any atom is -0.375 e. The molecular weight excluding hydrogens is 269 g/mol. The Bertz CT molecular complexity index is 519. The van der Waals surface area contributed by atoms with Gasteiger partial charge in [0.25, 0.3) is 0 Å². The van der Waals surface area contributed by atoms with Crippen LogP contribution in [0.25, 0.3) is 0 Å². The second kappa shape index (κ2) is 6.24. The highest BCUT2D eigenvalue weighted by molar-refractivity contribution is 5.98. The van der Waals surface area contributed by atoms with Crippen LogP contribution in [0.2, 0.25) is 0 Å². The molecule has 0 spiro atoms. The number of Topliss-reactive ketones (excluding diaryl/α,β-unsaturated/α-hetero) is 1. The Balaban J connectivity index is 1.67. The fraction of sp³-hybridized carbons (Fsp3) is 0.588. The maximum absolute atomic E-state index is 13.7. The summed E-state index contributed by atoms with van der Waals surface area (Å²) in [7, 11) is 0. The molecule has 1 heterocycles. The van der Waals surface area contributed by atoms with Crippen LogP contribution in [-0.2, 0) is 4.74 Å². The van der Waals surface area contributed by atoms with Gasteiger partial charge in [-0.15, -0.1) is 0 Å². The molecule has 1 saturated carbocycles. The third-order valence-corrected chi connectivity index (χ3v) is 4.69. The standard InChI is InChI=1S/C17H22FNO2/c1-12(17(20)13-5-2-3-6-14(13)18)11-19-9-10-21-16-8-4-7-15(16)19/h2-3,5-6,12,15-16H,4,7-11H2,1H3. The molecule has 3 nitrogen and oxygen atoms in total. The van der Waals surface area contributed by atoms with Crippen LogP contribution in [0.15, 0.2) is 24.3 Å². The van der Waals surface area contributed by atoms with Crippen molar-refractivity contribution in [3.63, 3.8) is 0 Å². The molecule has 4 heteroatoms. The van der Waals surface area contributed by atoms with Crippen molar-refractivity contribution < 1.29 is 13.9 Å². The number of morpholine rings is 1. The van der Waals surface area contributed by atoms with Crippen LogP contribution in [-0.4, -0.2) is 42.5 Å². The zero-order chi connectivity index (χ0) is 14.8. The molecule has 0 N–H and O–H groups in total. The lowest BCUT2D eigenvalue weighted by atomic mass is 9.97. The zero-order valence-electron chi connectivity index (χ0n) is 12.4. The van der Waals surface area contributed by atoms with Crippen molar-refractivity contribution in [1.29, 1.82) is 0 Å². The predicted octanol–water partition coefficient (Wildman–Crippen LogP) is 2.90. The molecule has 3 rings (SSSR count). The minimum atomic E-state index is -0.421. The quantitative estimate of drug-likeness (QED) is 0.799. The molecule has 1 aromatic rings. The smallest absolute Gasteiger partial charge is 0.169 e. The number of carbonyl (C=O) groups is 1. The number of ketones is 1. The molecule has 0 amide bonds. The van der Waals surface area contributed by atoms with Crippen molar-refractivity contribution >= 4 is 5.78 Å². The number of ether oxygens (including phenoxy) is 1. The van der Waals surface area contributed by atoms with Crippen molar-refractivity contribution in [2.24, 2.45) is 5.92 Å². The molecule has 0 radical (unpaired) electrons. The van der Waals surface area contributed by atoms with Crippen molar-refractivity contribution in [1.82, 2.24) is 4.90 Å². The third-order valence-electron chi connectivity index (χ3n) is 4.69. The Hall–Kier alpha value is -1.26. The van der Waals surface area contributed by atoms with Gasteiger partial charge in [-0.05, 0) is 31.4 Å². The van der Waals surface area contributed by atoms with E-state index in [0.29, 0.717) is 18.7 Å². The van der Waals surface area contributed by atoms with Gasteiger partial charge in [0.1, 0.15) is 5.82 Å². The van der Waals surface area contributed by atoms with Crippen LogP contribution in [0, 0.1) is 11.7 Å². The van der Waals surface area contributed by atoms with Crippen LogP contribution >= 0.6 is 0 Å². The summed E-state index contributed by atoms with van der Waals surface area (Å²) in [6, 6.07) is 6.69. The molecule has 21 heavy (non-hydrogen) atoms. The second-order valence-electron chi connectivity index (χ2n) is 6.15. The average molecular weight is 291 g/mol. The fourth-order valence-electron chi connectivity index (χ4n) is 3.59. The van der Waals surface area contributed by atoms with E-state index in [9.17, 15) is 9.18 Å². The minimum absolute atomic E-state index is 0.103. The van der Waals surface area contributed by atoms with Crippen LogP contribution in [0.5, 0.6) is 0 Å². The Labute approximate surface area is 125 Å². The highest BCUT2D eigenvalue weighted by Crippen LogP contribution is 2.30. The summed E-state index contributed by atoms with van der Waals surface area (Å²) in [5.74, 6) is -0.717. The van der Waals surface area contributed by atoms with E-state index in [1.165, 1.54) is 12.5 Å². The fourth-order valence-corrected chi connectivity index (χ4v) is 3.59. The van der Waals surface area contributed by atoms with Gasteiger partial charge in [0.05, 0.1) is 18.3 Å². The van der Waals surface area contributed by atoms with Crippen molar-refractivity contribution in [2.45, 2.75) is 38.3 Å². The summed E-state index contributed by atoms with van der Waals surface area (Å²) in [6.07, 6.45) is 3.79. The Kier molecular flexibility index (Phi) is 4.36. The molecule has 1 aliphatic heterocycles. The van der Waals surface area contributed by atoms with Crippen molar-refractivity contribution in [3.8, 4) is 0 Å². The van der Waals surface area contributed by atoms with E-state index in [1.54, 1.807) is 18.2 Å². The molecule has 3 atom stereocenters. The number of halogens is 1. The van der Waals surface area contributed by atoms with Gasteiger partial charge in [-0.2, -0.15) is 0 Å². The first-order valence-corrected chi connectivity index (χ1v) is 7.81. The first-order chi connectivity index (χ1) is 10.2. The predicted molar refractivity (Wildman–Crippen MR) is 78.8 cm³/mol. The molecule has 2 fully saturated rings. The van der Waals surface area contributed by atoms with Crippen LogP contribution in [0.4, 0.5) is 4.39 Å². The van der Waals surface area contributed by atoms with Gasteiger partial charge in [0.15, 0.2) is 5.78 Å². The molecule has 0 aromatic heterocycles. The van der Waals surface area contributed by atoms with Crippen LogP contribution in [0.3, 0.4) is 0 Å². The molecule has 0 bridgehead atoms. The molecule has 2 aliphatic rings. The lowest BCUT2D eigenvalue weighted by Crippen LogP contribution is -2.50. The van der Waals surface area contributed by atoms with Gasteiger partial charge in [-0.25, -0.2) is 4.39 Å². The maximum atomic E-state index is 13.7. The maximum Gasteiger partial charge on any atom is 0.169 e. The summed E-state index contributed by atoms with van der Waals surface area (Å²) in [6.45, 7) is 4.20. The highest BCUT2D eigenvalue weighted by Gasteiger charge is 2.37. The molecule has 114 valence electrons. The molecule has 3 unspecified atom stereocenters. The van der Waals surface area contributed by atoms with Gasteiger partial charge < -0.3 is 4.74 Å². The van der Waals surface area contributed by atoms with Crippen molar-refractivity contribution in [2.75, 3.05) is 19.7 Å². The number of hydrogen-bond donors (Lipinski definition) is 0. The molecule has 1 saturated heterocycles. The Morgan fingerprint density at radius 1 is 1.43 bits per heavy atom. The van der Waals surface area contributed by atoms with E-state index >= 15 is 0 Å². The van der Waals surface area contributed by atoms with Gasteiger partial charge in [-0.1, -0.05) is 19.1 Å². The Morgan fingerprint density at radius 2 is 2.24 bits per heavy atom. The number of rotatable bonds is 4. The number of fused-ring (bicyclic) bond motifs is 1. The summed E-state index contributed by atoms with van der Waals surface area (Å²) in [4.78, 5) is 14.8. The first-order valence-electron chi connectivity index (χ1n) is 7.81. The number of carbonyl (C=O) groups excluding carboxylic acids is 1. The third kappa shape index (κ3) is 3.01. The van der Waals surface area contributed by atoms with E-state index < -0.39 is 5.82 Å². The summed E-state index contributed by atoms with van der Waals surface area (Å²) >= 11 is 0. The normalized spacial score (nSPS) is 27.3. The second-order valence-corrected chi connectivity index (χ2v) is 6.15. The lowest BCUT2D eigenvalue weighted by molar-refractivity contribution is -0.0583. The van der Waals surface area contributed by atoms with Gasteiger partial charge >= 0.3 is 0 Å². The van der Waals surface area contributed by atoms with E-state index in [0.717, 1.165) is 26.0 Å². The number of nitrogens with zero attached hydrogens (tertiary/aromatic N) is 1. The van der Waals surface area contributed by atoms with Gasteiger partial charge in [-0.3, -0.25) is 9.69 Å². The average Bonchev–Trinajstić information content (AvgIpc) is 2.96. The van der Waals surface area contributed by atoms with E-state index in [4.69, 9.17) is 4.74 Å². The lowest BCUT2D eigenvalue weighted by Gasteiger charge is -2.38. The topological polar surface area (TPSA) is 29.5 Å². The summed E-state index contributed by atoms with van der Waals surface area (Å²) in [5, 5.41) is 0. The largest absolute Gasteiger partial charge is 0.375 e. The van der Waals surface area contributed by atoms with Gasteiger partial charge in [0.2, 0.25) is 0 Å². The van der Waals surface area contributed by atoms with Crippen LogP contribution < -0.4 is 0 Å². The van der Waals surface area contributed by atoms with Crippen LogP contribution in [0.1, 0.15) is 36.5 Å². The summed E-state index contributed by atoms with van der Waals surface area (Å²) in [5.41, 5.74) is 0.209. The number of hydrogen-bond acceptors (Lipinski definition) is 3. The first kappa shape index (κ1) is 14.7. The monoisotopic (exact) mass is 291 g/mol. The van der Waals surface area contributed by atoms with E-state index in [2.05, 4.69) is 4.90 Å². The molecule has 1 aromatic carbocycles. The highest BCUT2D eigenvalue weighted by atomic mass is 19.1. The SMILES string of the molecule is CC(CN1CCOC2CCCC21)C(=O)c1ccccc1F.